The van der Waals surface area contributed by atoms with Gasteiger partial charge in [0.1, 0.15) is 6.61 Å². The van der Waals surface area contributed by atoms with Gasteiger partial charge in [-0.2, -0.15) is 23.5 Å². The molecule has 0 bridgehead atoms. The minimum Gasteiger partial charge on any atom is -0.465 e. The van der Waals surface area contributed by atoms with Crippen molar-refractivity contribution < 1.29 is 34.2 Å². The number of esters is 1. The van der Waals surface area contributed by atoms with E-state index < -0.39 is 0 Å². The molecule has 0 unspecified atom stereocenters. The standard InChI is InChI=1S/C20H40O7S7/c1-2-5-24-26-9-14-32-19-34-18-31-12-7-23-20(22)4-11-30-17-33-16-29-10-3-6-25-27-8-13-28-15-21/h21H,2-19H2,1H3. The van der Waals surface area contributed by atoms with Gasteiger partial charge in [-0.15, -0.1) is 58.8 Å². The highest BCUT2D eigenvalue weighted by Gasteiger charge is 2.03. The third-order valence-corrected chi connectivity index (χ3v) is 11.2. The Balaban J connectivity index is 3.14. The first kappa shape index (κ1) is 35.7. The van der Waals surface area contributed by atoms with Gasteiger partial charge in [-0.05, 0) is 18.6 Å². The third kappa shape index (κ3) is 31.7. The van der Waals surface area contributed by atoms with Gasteiger partial charge in [-0.25, -0.2) is 19.6 Å². The zero-order valence-electron chi connectivity index (χ0n) is 20.0. The Hall–Kier alpha value is 1.72. The lowest BCUT2D eigenvalue weighted by Crippen LogP contribution is -2.08. The van der Waals surface area contributed by atoms with Gasteiger partial charge in [0, 0.05) is 43.4 Å². The van der Waals surface area contributed by atoms with Gasteiger partial charge >= 0.3 is 5.97 Å². The van der Waals surface area contributed by atoms with E-state index in [1.54, 1.807) is 23.5 Å². The summed E-state index contributed by atoms with van der Waals surface area (Å²) in [5.41, 5.74) is 0. The number of carbonyl (C=O) groups excluding carboxylic acids is 1. The molecule has 0 aliphatic heterocycles. The Labute approximate surface area is 235 Å². The van der Waals surface area contributed by atoms with Crippen LogP contribution in [0.1, 0.15) is 26.2 Å². The number of aliphatic hydroxyl groups is 1. The van der Waals surface area contributed by atoms with Gasteiger partial charge in [0.25, 0.3) is 0 Å². The molecule has 0 saturated carbocycles. The molecule has 0 aliphatic carbocycles. The van der Waals surface area contributed by atoms with Crippen LogP contribution in [0.2, 0.25) is 0 Å². The zero-order chi connectivity index (χ0) is 24.8. The first-order valence-electron chi connectivity index (χ1n) is 11.1. The van der Waals surface area contributed by atoms with Crippen LogP contribution in [-0.2, 0) is 29.1 Å². The molecular weight excluding hydrogens is 577 g/mol. The Morgan fingerprint density at radius 3 is 1.79 bits per heavy atom. The highest BCUT2D eigenvalue weighted by Crippen LogP contribution is 2.19. The van der Waals surface area contributed by atoms with E-state index in [9.17, 15) is 4.79 Å². The number of carbonyl (C=O) groups is 1. The fraction of sp³-hybridized carbons (Fsp3) is 0.950. The number of aliphatic hydroxyl groups excluding tert-OH is 1. The van der Waals surface area contributed by atoms with Gasteiger partial charge in [-0.1, -0.05) is 6.92 Å². The summed E-state index contributed by atoms with van der Waals surface area (Å²) in [5.74, 6) is 4.39. The Morgan fingerprint density at radius 2 is 1.15 bits per heavy atom. The molecule has 0 amide bonds. The number of rotatable bonds is 29. The van der Waals surface area contributed by atoms with E-state index in [0.29, 0.717) is 39.5 Å². The molecule has 14 heteroatoms. The lowest BCUT2D eigenvalue weighted by molar-refractivity contribution is -0.290. The van der Waals surface area contributed by atoms with Gasteiger partial charge in [0.05, 0.1) is 38.8 Å². The van der Waals surface area contributed by atoms with Crippen molar-refractivity contribution >= 4 is 88.3 Å². The van der Waals surface area contributed by atoms with Gasteiger partial charge in [-0.3, -0.25) is 4.79 Å². The molecule has 204 valence electrons. The topological polar surface area (TPSA) is 83.5 Å². The maximum Gasteiger partial charge on any atom is 0.306 e. The highest BCUT2D eigenvalue weighted by atomic mass is 32.2. The Kier molecular flexibility index (Phi) is 34.4. The molecule has 0 radical (unpaired) electrons. The van der Waals surface area contributed by atoms with Crippen LogP contribution >= 0.6 is 82.3 Å². The van der Waals surface area contributed by atoms with E-state index >= 15 is 0 Å². The van der Waals surface area contributed by atoms with Crippen molar-refractivity contribution in [3.8, 4) is 0 Å². The van der Waals surface area contributed by atoms with Crippen LogP contribution in [0.15, 0.2) is 0 Å². The highest BCUT2D eigenvalue weighted by molar-refractivity contribution is 8.23. The summed E-state index contributed by atoms with van der Waals surface area (Å²) in [6, 6.07) is 0. The molecule has 7 nitrogen and oxygen atoms in total. The molecule has 34 heavy (non-hydrogen) atoms. The predicted octanol–water partition coefficient (Wildman–Crippen LogP) is 5.53. The second-order valence-corrected chi connectivity index (χ2v) is 15.1. The normalized spacial score (nSPS) is 11.2. The molecule has 0 aromatic rings. The van der Waals surface area contributed by atoms with Crippen LogP contribution in [-0.4, -0.2) is 99.2 Å². The lowest BCUT2D eigenvalue weighted by Gasteiger charge is -2.06. The van der Waals surface area contributed by atoms with Gasteiger partial charge in [0.15, 0.2) is 0 Å². The van der Waals surface area contributed by atoms with Crippen molar-refractivity contribution in [2.45, 2.75) is 26.2 Å². The molecule has 0 atom stereocenters. The summed E-state index contributed by atoms with van der Waals surface area (Å²) in [6.45, 7) is 4.93. The quantitative estimate of drug-likeness (QED) is 0.0376. The maximum absolute atomic E-state index is 11.8. The second-order valence-electron chi connectivity index (χ2n) is 6.16. The number of hydrogen-bond donors (Lipinski definition) is 1. The molecule has 0 heterocycles. The van der Waals surface area contributed by atoms with E-state index in [2.05, 4.69) is 6.92 Å². The molecule has 0 fully saturated rings. The van der Waals surface area contributed by atoms with E-state index in [1.165, 1.54) is 11.8 Å². The summed E-state index contributed by atoms with van der Waals surface area (Å²) < 4.78 is 5.29. The predicted molar refractivity (Wildman–Crippen MR) is 158 cm³/mol. The number of thioether (sulfide) groups is 7. The van der Waals surface area contributed by atoms with Crippen LogP contribution < -0.4 is 0 Å². The summed E-state index contributed by atoms with van der Waals surface area (Å²) in [6.07, 6.45) is 2.40. The fourth-order valence-electron chi connectivity index (χ4n) is 1.77. The minimum absolute atomic E-state index is 0.0989. The Bertz CT molecular complexity index is 415. The molecule has 0 spiro atoms. The van der Waals surface area contributed by atoms with Crippen LogP contribution in [0.5, 0.6) is 0 Å². The van der Waals surface area contributed by atoms with Crippen LogP contribution in [0.3, 0.4) is 0 Å². The zero-order valence-corrected chi connectivity index (χ0v) is 25.7. The van der Waals surface area contributed by atoms with Gasteiger partial charge < -0.3 is 9.84 Å². The largest absolute Gasteiger partial charge is 0.465 e. The summed E-state index contributed by atoms with van der Waals surface area (Å²) in [4.78, 5) is 31.8. The minimum atomic E-state index is -0.0989. The van der Waals surface area contributed by atoms with Crippen molar-refractivity contribution in [2.24, 2.45) is 0 Å². The molecule has 0 aliphatic rings. The smallest absolute Gasteiger partial charge is 0.306 e. The van der Waals surface area contributed by atoms with E-state index in [0.717, 1.165) is 61.9 Å². The first-order chi connectivity index (χ1) is 16.8. The molecular formula is C20H40O7S7. The lowest BCUT2D eigenvalue weighted by atomic mass is 10.5. The molecule has 0 aromatic carbocycles. The molecule has 0 saturated heterocycles. The average Bonchev–Trinajstić information content (AvgIpc) is 2.84. The van der Waals surface area contributed by atoms with Crippen LogP contribution in [0.25, 0.3) is 0 Å². The second kappa shape index (κ2) is 32.7. The van der Waals surface area contributed by atoms with Crippen molar-refractivity contribution in [2.75, 3.05) is 88.1 Å². The van der Waals surface area contributed by atoms with Crippen molar-refractivity contribution in [3.63, 3.8) is 0 Å². The molecule has 0 rings (SSSR count). The average molecular weight is 617 g/mol. The van der Waals surface area contributed by atoms with Crippen molar-refractivity contribution in [1.29, 1.82) is 0 Å². The summed E-state index contributed by atoms with van der Waals surface area (Å²) >= 11 is 12.5. The van der Waals surface area contributed by atoms with E-state index in [4.69, 9.17) is 29.4 Å². The fourth-order valence-corrected chi connectivity index (χ4v) is 8.65. The molecule has 0 aromatic heterocycles. The van der Waals surface area contributed by atoms with Crippen molar-refractivity contribution in [3.05, 3.63) is 0 Å². The van der Waals surface area contributed by atoms with Gasteiger partial charge in [0.2, 0.25) is 0 Å². The Morgan fingerprint density at radius 1 is 0.618 bits per heavy atom. The summed E-state index contributed by atoms with van der Waals surface area (Å²) in [5, 5.41) is 12.7. The third-order valence-electron chi connectivity index (χ3n) is 3.29. The first-order valence-corrected chi connectivity index (χ1v) is 19.2. The van der Waals surface area contributed by atoms with Crippen LogP contribution in [0.4, 0.5) is 0 Å². The number of hydrogen-bond acceptors (Lipinski definition) is 14. The number of ether oxygens (including phenoxy) is 1. The summed E-state index contributed by atoms with van der Waals surface area (Å²) in [7, 11) is 0. The maximum atomic E-state index is 11.8. The SMILES string of the molecule is CCCOOCCSCSCSCCOC(=O)CCSCSCSCCCOOCCSCO. The van der Waals surface area contributed by atoms with Crippen molar-refractivity contribution in [1.82, 2.24) is 0 Å². The van der Waals surface area contributed by atoms with E-state index in [-0.39, 0.29) is 11.9 Å². The molecule has 1 N–H and O–H groups in total. The monoisotopic (exact) mass is 616 g/mol. The van der Waals surface area contributed by atoms with E-state index in [1.807, 2.05) is 47.0 Å². The van der Waals surface area contributed by atoms with Crippen LogP contribution in [0, 0.1) is 0 Å².